The van der Waals surface area contributed by atoms with Gasteiger partial charge in [0.05, 0.1) is 5.92 Å². The van der Waals surface area contributed by atoms with Gasteiger partial charge in [-0.25, -0.2) is 0 Å². The van der Waals surface area contributed by atoms with Crippen molar-refractivity contribution in [1.82, 2.24) is 10.1 Å². The zero-order valence-electron chi connectivity index (χ0n) is 15.8. The van der Waals surface area contributed by atoms with Gasteiger partial charge in [0.25, 0.3) is 5.91 Å². The smallest absolute Gasteiger partial charge is 0.253 e. The van der Waals surface area contributed by atoms with Crippen molar-refractivity contribution in [2.75, 3.05) is 18.4 Å². The lowest BCUT2D eigenvalue weighted by Crippen LogP contribution is -2.43. The van der Waals surface area contributed by atoms with Crippen LogP contribution in [0.1, 0.15) is 49.7 Å². The Hall–Kier alpha value is -2.34. The van der Waals surface area contributed by atoms with Crippen LogP contribution in [0.3, 0.4) is 0 Å². The monoisotopic (exact) mass is 389 g/mol. The van der Waals surface area contributed by atoms with E-state index in [1.165, 1.54) is 0 Å². The number of aromatic nitrogens is 1. The molecule has 1 unspecified atom stereocenters. The fraction of sp³-hybridized carbons (Fsp3) is 0.450. The van der Waals surface area contributed by atoms with E-state index in [1.54, 1.807) is 35.2 Å². The summed E-state index contributed by atoms with van der Waals surface area (Å²) in [5.74, 6) is 0.620. The Morgan fingerprint density at radius 2 is 1.96 bits per heavy atom. The number of likely N-dealkylation sites (tertiary alicyclic amines) is 1. The quantitative estimate of drug-likeness (QED) is 0.856. The Kier molecular flexibility index (Phi) is 5.56. The van der Waals surface area contributed by atoms with E-state index in [-0.39, 0.29) is 23.1 Å². The molecule has 0 radical (unpaired) electrons. The largest absolute Gasteiger partial charge is 0.359 e. The maximum absolute atomic E-state index is 12.7. The van der Waals surface area contributed by atoms with Gasteiger partial charge in [0, 0.05) is 35.2 Å². The molecule has 0 saturated carbocycles. The van der Waals surface area contributed by atoms with Gasteiger partial charge in [0.1, 0.15) is 5.76 Å². The number of benzene rings is 1. The van der Waals surface area contributed by atoms with Crippen molar-refractivity contribution in [2.45, 2.75) is 39.0 Å². The second-order valence-corrected chi connectivity index (χ2v) is 8.35. The van der Waals surface area contributed by atoms with E-state index in [1.807, 2.05) is 20.8 Å². The Morgan fingerprint density at radius 1 is 1.26 bits per heavy atom. The molecule has 2 heterocycles. The maximum atomic E-state index is 12.7. The summed E-state index contributed by atoms with van der Waals surface area (Å²) in [5.41, 5.74) is 0.398. The molecule has 1 N–H and O–H groups in total. The molecule has 1 atom stereocenters. The standard InChI is InChI=1S/C20H24ClN3O3/c1-20(2,3)16-11-17(23-27-16)22-18(25)14-5-4-10-24(12-14)19(26)13-6-8-15(21)9-7-13/h6-9,11,14H,4-5,10,12H2,1-3H3,(H,22,23,25). The van der Waals surface area contributed by atoms with Crippen LogP contribution in [-0.2, 0) is 10.2 Å². The van der Waals surface area contributed by atoms with Crippen molar-refractivity contribution < 1.29 is 14.1 Å². The van der Waals surface area contributed by atoms with E-state index in [4.69, 9.17) is 16.1 Å². The average Bonchev–Trinajstić information content (AvgIpc) is 3.11. The van der Waals surface area contributed by atoms with Crippen LogP contribution < -0.4 is 5.32 Å². The van der Waals surface area contributed by atoms with Crippen LogP contribution in [0.25, 0.3) is 0 Å². The Bertz CT molecular complexity index is 824. The fourth-order valence-electron chi connectivity index (χ4n) is 3.07. The summed E-state index contributed by atoms with van der Waals surface area (Å²) in [5, 5.41) is 7.33. The topological polar surface area (TPSA) is 75.4 Å². The summed E-state index contributed by atoms with van der Waals surface area (Å²) in [7, 11) is 0. The number of amides is 2. The summed E-state index contributed by atoms with van der Waals surface area (Å²) in [4.78, 5) is 27.0. The molecule has 1 fully saturated rings. The molecule has 27 heavy (non-hydrogen) atoms. The molecule has 0 spiro atoms. The predicted octanol–water partition coefficient (Wildman–Crippen LogP) is 4.12. The van der Waals surface area contributed by atoms with Gasteiger partial charge in [0.15, 0.2) is 5.82 Å². The number of nitrogens with one attached hydrogen (secondary N) is 1. The molecule has 1 aromatic carbocycles. The van der Waals surface area contributed by atoms with Gasteiger partial charge in [-0.15, -0.1) is 0 Å². The normalized spacial score (nSPS) is 17.6. The minimum absolute atomic E-state index is 0.0828. The first-order valence-electron chi connectivity index (χ1n) is 9.07. The highest BCUT2D eigenvalue weighted by Gasteiger charge is 2.30. The number of halogens is 1. The van der Waals surface area contributed by atoms with Crippen molar-refractivity contribution in [3.63, 3.8) is 0 Å². The lowest BCUT2D eigenvalue weighted by Gasteiger charge is -2.32. The van der Waals surface area contributed by atoms with Crippen LogP contribution >= 0.6 is 11.6 Å². The second-order valence-electron chi connectivity index (χ2n) is 7.91. The SMILES string of the molecule is CC(C)(C)c1cc(NC(=O)C2CCCN(C(=O)c3ccc(Cl)cc3)C2)no1. The van der Waals surface area contributed by atoms with Crippen LogP contribution in [0.2, 0.25) is 5.02 Å². The first-order chi connectivity index (χ1) is 12.7. The van der Waals surface area contributed by atoms with Gasteiger partial charge in [0.2, 0.25) is 5.91 Å². The van der Waals surface area contributed by atoms with Crippen LogP contribution in [0, 0.1) is 5.92 Å². The van der Waals surface area contributed by atoms with E-state index in [0.717, 1.165) is 12.8 Å². The van der Waals surface area contributed by atoms with Gasteiger partial charge in [-0.2, -0.15) is 0 Å². The van der Waals surface area contributed by atoms with Gasteiger partial charge in [-0.05, 0) is 37.1 Å². The van der Waals surface area contributed by atoms with E-state index in [0.29, 0.717) is 35.3 Å². The van der Waals surface area contributed by atoms with Gasteiger partial charge >= 0.3 is 0 Å². The highest BCUT2D eigenvalue weighted by molar-refractivity contribution is 6.30. The average molecular weight is 390 g/mol. The molecule has 1 aliphatic rings. The molecular formula is C20H24ClN3O3. The lowest BCUT2D eigenvalue weighted by atomic mass is 9.93. The fourth-order valence-corrected chi connectivity index (χ4v) is 3.19. The van der Waals surface area contributed by atoms with E-state index >= 15 is 0 Å². The molecular weight excluding hydrogens is 366 g/mol. The van der Waals surface area contributed by atoms with Crippen molar-refractivity contribution >= 4 is 29.2 Å². The number of nitrogens with zero attached hydrogens (tertiary/aromatic N) is 2. The van der Waals surface area contributed by atoms with Crippen LogP contribution in [-0.4, -0.2) is 35.0 Å². The maximum Gasteiger partial charge on any atom is 0.253 e. The predicted molar refractivity (Wildman–Crippen MR) is 104 cm³/mol. The van der Waals surface area contributed by atoms with E-state index in [2.05, 4.69) is 10.5 Å². The van der Waals surface area contributed by atoms with Gasteiger partial charge in [-0.1, -0.05) is 37.5 Å². The molecule has 2 aromatic rings. The summed E-state index contributed by atoms with van der Waals surface area (Å²) in [6.45, 7) is 7.07. The summed E-state index contributed by atoms with van der Waals surface area (Å²) in [6, 6.07) is 8.55. The number of hydrogen-bond donors (Lipinski definition) is 1. The van der Waals surface area contributed by atoms with Gasteiger partial charge in [-0.3, -0.25) is 9.59 Å². The van der Waals surface area contributed by atoms with Crippen molar-refractivity contribution in [2.24, 2.45) is 5.92 Å². The van der Waals surface area contributed by atoms with Crippen LogP contribution in [0.4, 0.5) is 5.82 Å². The van der Waals surface area contributed by atoms with Crippen LogP contribution in [0.15, 0.2) is 34.9 Å². The molecule has 1 aliphatic heterocycles. The zero-order valence-corrected chi connectivity index (χ0v) is 16.5. The van der Waals surface area contributed by atoms with Crippen molar-refractivity contribution in [1.29, 1.82) is 0 Å². The minimum Gasteiger partial charge on any atom is -0.359 e. The molecule has 3 rings (SSSR count). The number of anilines is 1. The number of piperidine rings is 1. The second kappa shape index (κ2) is 7.72. The highest BCUT2D eigenvalue weighted by atomic mass is 35.5. The van der Waals surface area contributed by atoms with Crippen molar-refractivity contribution in [3.05, 3.63) is 46.7 Å². The first-order valence-corrected chi connectivity index (χ1v) is 9.45. The number of carbonyl (C=O) groups is 2. The summed E-state index contributed by atoms with van der Waals surface area (Å²) < 4.78 is 5.30. The number of rotatable bonds is 3. The van der Waals surface area contributed by atoms with Crippen molar-refractivity contribution in [3.8, 4) is 0 Å². The van der Waals surface area contributed by atoms with E-state index in [9.17, 15) is 9.59 Å². The minimum atomic E-state index is -0.273. The molecule has 144 valence electrons. The third-order valence-electron chi connectivity index (χ3n) is 4.67. The zero-order chi connectivity index (χ0) is 19.6. The van der Waals surface area contributed by atoms with Crippen LogP contribution in [0.5, 0.6) is 0 Å². The Balaban J connectivity index is 1.63. The molecule has 7 heteroatoms. The first kappa shape index (κ1) is 19.4. The molecule has 1 aromatic heterocycles. The third kappa shape index (κ3) is 4.69. The molecule has 6 nitrogen and oxygen atoms in total. The Labute approximate surface area is 163 Å². The molecule has 0 bridgehead atoms. The molecule has 2 amide bonds. The Morgan fingerprint density at radius 3 is 2.59 bits per heavy atom. The molecule has 0 aliphatic carbocycles. The number of hydrogen-bond acceptors (Lipinski definition) is 4. The van der Waals surface area contributed by atoms with Gasteiger partial charge < -0.3 is 14.7 Å². The number of carbonyl (C=O) groups excluding carboxylic acids is 2. The summed E-state index contributed by atoms with van der Waals surface area (Å²) >= 11 is 5.88. The lowest BCUT2D eigenvalue weighted by molar-refractivity contribution is -0.121. The summed E-state index contributed by atoms with van der Waals surface area (Å²) in [6.07, 6.45) is 1.52. The third-order valence-corrected chi connectivity index (χ3v) is 4.92. The van der Waals surface area contributed by atoms with E-state index < -0.39 is 0 Å². The molecule has 1 saturated heterocycles. The highest BCUT2D eigenvalue weighted by Crippen LogP contribution is 2.25.